The van der Waals surface area contributed by atoms with Crippen LogP contribution in [0.2, 0.25) is 0 Å². The molecule has 2 aliphatic rings. The molecule has 0 spiro atoms. The molecule has 3 rings (SSSR count). The highest BCUT2D eigenvalue weighted by Crippen LogP contribution is 2.24. The number of hydrogen-bond acceptors (Lipinski definition) is 2. The third kappa shape index (κ3) is 5.57. The smallest absolute Gasteiger partial charge is 0.0575 e. The number of nitrogens with zero attached hydrogens (tertiary/aromatic N) is 1. The summed E-state index contributed by atoms with van der Waals surface area (Å²) in [6.07, 6.45) is 9.94. The monoisotopic (exact) mass is 323 g/mol. The molecule has 2 fully saturated rings. The van der Waals surface area contributed by atoms with E-state index < -0.39 is 0 Å². The van der Waals surface area contributed by atoms with Gasteiger partial charge in [0.15, 0.2) is 0 Å². The van der Waals surface area contributed by atoms with Crippen molar-refractivity contribution in [1.29, 1.82) is 0 Å². The van der Waals surface area contributed by atoms with Gasteiger partial charge in [0.05, 0.1) is 6.10 Å². The van der Waals surface area contributed by atoms with Crippen LogP contribution < -0.4 is 0 Å². The zero-order valence-electron chi connectivity index (χ0n) is 13.6. The lowest BCUT2D eigenvalue weighted by atomic mass is 9.95. The van der Waals surface area contributed by atoms with Crippen LogP contribution in [0.3, 0.4) is 0 Å². The third-order valence-corrected chi connectivity index (χ3v) is 5.08. The number of ether oxygens (including phenoxy) is 1. The summed E-state index contributed by atoms with van der Waals surface area (Å²) in [5, 5.41) is 0. The van der Waals surface area contributed by atoms with Crippen molar-refractivity contribution in [3.8, 4) is 0 Å². The lowest BCUT2D eigenvalue weighted by Gasteiger charge is -2.33. The average Bonchev–Trinajstić information content (AvgIpc) is 2.56. The Hall–Kier alpha value is -0.570. The topological polar surface area (TPSA) is 12.5 Å². The summed E-state index contributed by atoms with van der Waals surface area (Å²) in [4.78, 5) is 2.59. The fourth-order valence-electron chi connectivity index (χ4n) is 3.66. The number of benzene rings is 1. The maximum atomic E-state index is 6.16. The van der Waals surface area contributed by atoms with E-state index >= 15 is 0 Å². The van der Waals surface area contributed by atoms with Gasteiger partial charge in [-0.25, -0.2) is 0 Å². The highest BCUT2D eigenvalue weighted by Gasteiger charge is 2.21. The number of likely N-dealkylation sites (tertiary alicyclic amines) is 1. The summed E-state index contributed by atoms with van der Waals surface area (Å²) < 4.78 is 6.16. The molecule has 1 saturated heterocycles. The largest absolute Gasteiger partial charge is 0.378 e. The predicted octanol–water partition coefficient (Wildman–Crippen LogP) is 4.67. The Morgan fingerprint density at radius 3 is 2.27 bits per heavy atom. The van der Waals surface area contributed by atoms with Crippen LogP contribution >= 0.6 is 12.4 Å². The first-order valence-electron chi connectivity index (χ1n) is 8.78. The van der Waals surface area contributed by atoms with Gasteiger partial charge >= 0.3 is 0 Å². The maximum absolute atomic E-state index is 6.16. The van der Waals surface area contributed by atoms with Crippen molar-refractivity contribution in [3.05, 3.63) is 35.9 Å². The van der Waals surface area contributed by atoms with Crippen LogP contribution in [0.15, 0.2) is 30.3 Å². The summed E-state index contributed by atoms with van der Waals surface area (Å²) in [5.74, 6) is 0.791. The van der Waals surface area contributed by atoms with E-state index in [2.05, 4.69) is 35.2 Å². The van der Waals surface area contributed by atoms with Crippen LogP contribution in [0, 0.1) is 5.92 Å². The van der Waals surface area contributed by atoms with Gasteiger partial charge in [0.25, 0.3) is 0 Å². The van der Waals surface area contributed by atoms with Crippen LogP contribution in [-0.2, 0) is 11.3 Å². The SMILES string of the molecule is Cl.c1ccc(CN2CCC(COC3CCCCC3)CC2)cc1. The molecule has 1 aromatic carbocycles. The number of halogens is 1. The van der Waals surface area contributed by atoms with E-state index in [1.807, 2.05) is 0 Å². The Bertz CT molecular complexity index is 397. The molecule has 0 amide bonds. The molecule has 2 nitrogen and oxygen atoms in total. The standard InChI is InChI=1S/C19H29NO.ClH/c1-3-7-17(8-4-1)15-20-13-11-18(12-14-20)16-21-19-9-5-2-6-10-19;/h1,3-4,7-8,18-19H,2,5-6,9-16H2;1H. The molecule has 0 aromatic heterocycles. The van der Waals surface area contributed by atoms with Crippen molar-refractivity contribution in [2.45, 2.75) is 57.6 Å². The van der Waals surface area contributed by atoms with E-state index in [0.717, 1.165) is 19.1 Å². The molecule has 1 aliphatic heterocycles. The first kappa shape index (κ1) is 17.8. The number of piperidine rings is 1. The fraction of sp³-hybridized carbons (Fsp3) is 0.684. The third-order valence-electron chi connectivity index (χ3n) is 5.08. The van der Waals surface area contributed by atoms with Gasteiger partial charge < -0.3 is 4.74 Å². The van der Waals surface area contributed by atoms with Gasteiger partial charge in [-0.05, 0) is 50.3 Å². The summed E-state index contributed by atoms with van der Waals surface area (Å²) >= 11 is 0. The van der Waals surface area contributed by atoms with Gasteiger partial charge in [-0.3, -0.25) is 4.90 Å². The second-order valence-electron chi connectivity index (χ2n) is 6.80. The van der Waals surface area contributed by atoms with Gasteiger partial charge in [0, 0.05) is 13.2 Å². The van der Waals surface area contributed by atoms with Crippen LogP contribution in [0.4, 0.5) is 0 Å². The molecule has 1 aliphatic carbocycles. The van der Waals surface area contributed by atoms with E-state index in [9.17, 15) is 0 Å². The summed E-state index contributed by atoms with van der Waals surface area (Å²) in [7, 11) is 0. The van der Waals surface area contributed by atoms with Crippen molar-refractivity contribution in [1.82, 2.24) is 4.90 Å². The van der Waals surface area contributed by atoms with Crippen molar-refractivity contribution >= 4 is 12.4 Å². The highest BCUT2D eigenvalue weighted by molar-refractivity contribution is 5.85. The second kappa shape index (κ2) is 9.54. The first-order chi connectivity index (χ1) is 10.4. The molecule has 1 heterocycles. The summed E-state index contributed by atoms with van der Waals surface area (Å²) in [6, 6.07) is 10.8. The molecule has 0 N–H and O–H groups in total. The van der Waals surface area contributed by atoms with Gasteiger partial charge in [0.1, 0.15) is 0 Å². The molecular formula is C19H30ClNO. The molecule has 0 radical (unpaired) electrons. The van der Waals surface area contributed by atoms with Crippen molar-refractivity contribution in [2.75, 3.05) is 19.7 Å². The Balaban J connectivity index is 0.00000176. The molecule has 0 unspecified atom stereocenters. The Morgan fingerprint density at radius 2 is 1.59 bits per heavy atom. The molecule has 124 valence electrons. The number of hydrogen-bond donors (Lipinski definition) is 0. The summed E-state index contributed by atoms with van der Waals surface area (Å²) in [6.45, 7) is 4.57. The van der Waals surface area contributed by atoms with Crippen LogP contribution in [0.5, 0.6) is 0 Å². The van der Waals surface area contributed by atoms with Crippen LogP contribution in [0.1, 0.15) is 50.5 Å². The van der Waals surface area contributed by atoms with E-state index in [4.69, 9.17) is 4.74 Å². The molecule has 0 atom stereocenters. The quantitative estimate of drug-likeness (QED) is 0.780. The first-order valence-corrected chi connectivity index (χ1v) is 8.78. The van der Waals surface area contributed by atoms with Gasteiger partial charge in [-0.1, -0.05) is 49.6 Å². The van der Waals surface area contributed by atoms with Gasteiger partial charge in [0.2, 0.25) is 0 Å². The Labute approximate surface area is 141 Å². The average molecular weight is 324 g/mol. The Morgan fingerprint density at radius 1 is 0.909 bits per heavy atom. The molecule has 1 saturated carbocycles. The minimum Gasteiger partial charge on any atom is -0.378 e. The predicted molar refractivity (Wildman–Crippen MR) is 94.5 cm³/mol. The van der Waals surface area contributed by atoms with Gasteiger partial charge in [-0.15, -0.1) is 12.4 Å². The normalized spacial score (nSPS) is 21.5. The van der Waals surface area contributed by atoms with E-state index in [1.54, 1.807) is 0 Å². The molecule has 22 heavy (non-hydrogen) atoms. The molecule has 1 aromatic rings. The fourth-order valence-corrected chi connectivity index (χ4v) is 3.66. The lowest BCUT2D eigenvalue weighted by Crippen LogP contribution is -2.35. The number of rotatable bonds is 5. The van der Waals surface area contributed by atoms with Crippen LogP contribution in [-0.4, -0.2) is 30.7 Å². The van der Waals surface area contributed by atoms with Crippen molar-refractivity contribution in [3.63, 3.8) is 0 Å². The summed E-state index contributed by atoms with van der Waals surface area (Å²) in [5.41, 5.74) is 1.44. The molecule has 3 heteroatoms. The highest BCUT2D eigenvalue weighted by atomic mass is 35.5. The zero-order chi connectivity index (χ0) is 14.3. The van der Waals surface area contributed by atoms with Crippen molar-refractivity contribution < 1.29 is 4.74 Å². The zero-order valence-corrected chi connectivity index (χ0v) is 14.4. The van der Waals surface area contributed by atoms with E-state index in [1.165, 1.54) is 63.6 Å². The van der Waals surface area contributed by atoms with E-state index in [-0.39, 0.29) is 12.4 Å². The minimum atomic E-state index is 0. The lowest BCUT2D eigenvalue weighted by molar-refractivity contribution is -0.00556. The minimum absolute atomic E-state index is 0. The van der Waals surface area contributed by atoms with Crippen molar-refractivity contribution in [2.24, 2.45) is 5.92 Å². The second-order valence-corrected chi connectivity index (χ2v) is 6.80. The van der Waals surface area contributed by atoms with E-state index in [0.29, 0.717) is 6.10 Å². The van der Waals surface area contributed by atoms with Crippen LogP contribution in [0.25, 0.3) is 0 Å². The molecule has 0 bridgehead atoms. The van der Waals surface area contributed by atoms with Gasteiger partial charge in [-0.2, -0.15) is 0 Å². The maximum Gasteiger partial charge on any atom is 0.0575 e. The Kier molecular flexibility index (Phi) is 7.71. The molecular weight excluding hydrogens is 294 g/mol.